The van der Waals surface area contributed by atoms with E-state index in [4.69, 9.17) is 0 Å². The predicted molar refractivity (Wildman–Crippen MR) is 88.5 cm³/mol. The molecule has 2 N–H and O–H groups in total. The van der Waals surface area contributed by atoms with Gasteiger partial charge in [-0.2, -0.15) is 0 Å². The van der Waals surface area contributed by atoms with Crippen LogP contribution in [0, 0.1) is 0 Å². The SMILES string of the molecule is CCC(=O)OC(=O)Nc1cccc2c1C(=O)N(C1CCC(=O)NC1=O)C2=O. The van der Waals surface area contributed by atoms with Crippen LogP contribution in [0.3, 0.4) is 0 Å². The first-order valence-corrected chi connectivity index (χ1v) is 8.19. The standard InChI is InChI=1S/C17H15N3O7/c1-2-12(22)27-17(26)18-9-5-3-4-8-13(9)16(25)20(15(8)24)10-6-7-11(21)19-14(10)23/h3-5,10H,2,6-7H2,1H3,(H,18,26)(H,19,21,23). The van der Waals surface area contributed by atoms with Crippen molar-refractivity contribution < 1.29 is 33.5 Å². The zero-order valence-corrected chi connectivity index (χ0v) is 14.2. The van der Waals surface area contributed by atoms with Crippen molar-refractivity contribution in [2.24, 2.45) is 0 Å². The second-order valence-corrected chi connectivity index (χ2v) is 5.92. The molecule has 0 aliphatic carbocycles. The second kappa shape index (κ2) is 6.98. The quantitative estimate of drug-likeness (QED) is 0.449. The van der Waals surface area contributed by atoms with Gasteiger partial charge < -0.3 is 4.74 Å². The van der Waals surface area contributed by atoms with Crippen LogP contribution in [0.5, 0.6) is 0 Å². The summed E-state index contributed by atoms with van der Waals surface area (Å²) >= 11 is 0. The Labute approximate surface area is 152 Å². The van der Waals surface area contributed by atoms with Gasteiger partial charge in [-0.25, -0.2) is 4.79 Å². The van der Waals surface area contributed by atoms with Crippen molar-refractivity contribution in [3.8, 4) is 0 Å². The molecule has 1 saturated heterocycles. The summed E-state index contributed by atoms with van der Waals surface area (Å²) in [5, 5.41) is 4.36. The molecule has 10 nitrogen and oxygen atoms in total. The lowest BCUT2D eigenvalue weighted by atomic mass is 10.0. The Kier molecular flexibility index (Phi) is 4.72. The number of nitrogens with zero attached hydrogens (tertiary/aromatic N) is 1. The summed E-state index contributed by atoms with van der Waals surface area (Å²) in [5.74, 6) is -3.44. The zero-order chi connectivity index (χ0) is 19.7. The van der Waals surface area contributed by atoms with Gasteiger partial charge in [0.25, 0.3) is 11.8 Å². The molecule has 0 radical (unpaired) electrons. The maximum Gasteiger partial charge on any atom is 0.419 e. The Morgan fingerprint density at radius 2 is 1.96 bits per heavy atom. The Balaban J connectivity index is 1.88. The summed E-state index contributed by atoms with van der Waals surface area (Å²) in [4.78, 5) is 72.5. The van der Waals surface area contributed by atoms with Gasteiger partial charge in [0.05, 0.1) is 16.8 Å². The first-order valence-electron chi connectivity index (χ1n) is 8.19. The van der Waals surface area contributed by atoms with Crippen LogP contribution in [0.15, 0.2) is 18.2 Å². The third kappa shape index (κ3) is 3.28. The fourth-order valence-electron chi connectivity index (χ4n) is 2.93. The maximum absolute atomic E-state index is 12.8. The van der Waals surface area contributed by atoms with Crippen molar-refractivity contribution in [2.45, 2.75) is 32.2 Å². The van der Waals surface area contributed by atoms with E-state index in [9.17, 15) is 28.8 Å². The highest BCUT2D eigenvalue weighted by molar-refractivity contribution is 6.26. The number of anilines is 1. The Morgan fingerprint density at radius 1 is 1.22 bits per heavy atom. The molecule has 140 valence electrons. The molecule has 0 spiro atoms. The smallest absolute Gasteiger partial charge is 0.376 e. The number of carbonyl (C=O) groups is 6. The van der Waals surface area contributed by atoms with Crippen molar-refractivity contribution in [3.05, 3.63) is 29.3 Å². The molecule has 0 bridgehead atoms. The number of benzene rings is 1. The zero-order valence-electron chi connectivity index (χ0n) is 14.2. The topological polar surface area (TPSA) is 139 Å². The van der Waals surface area contributed by atoms with Crippen molar-refractivity contribution in [3.63, 3.8) is 0 Å². The van der Waals surface area contributed by atoms with Crippen LogP contribution in [0.4, 0.5) is 10.5 Å². The first-order chi connectivity index (χ1) is 12.8. The number of esters is 1. The lowest BCUT2D eigenvalue weighted by Gasteiger charge is -2.27. The number of ether oxygens (including phenoxy) is 1. The predicted octanol–water partition coefficient (Wildman–Crippen LogP) is 0.573. The molecular formula is C17H15N3O7. The molecule has 1 fully saturated rings. The number of piperidine rings is 1. The fourth-order valence-corrected chi connectivity index (χ4v) is 2.93. The number of carbonyl (C=O) groups excluding carboxylic acids is 6. The third-order valence-electron chi connectivity index (χ3n) is 4.20. The van der Waals surface area contributed by atoms with E-state index < -0.39 is 41.7 Å². The first kappa shape index (κ1) is 18.2. The van der Waals surface area contributed by atoms with E-state index in [0.29, 0.717) is 0 Å². The van der Waals surface area contributed by atoms with Crippen LogP contribution in [-0.2, 0) is 19.1 Å². The molecule has 2 heterocycles. The summed E-state index contributed by atoms with van der Waals surface area (Å²) < 4.78 is 4.50. The van der Waals surface area contributed by atoms with Crippen LogP contribution < -0.4 is 10.6 Å². The highest BCUT2D eigenvalue weighted by Crippen LogP contribution is 2.32. The monoisotopic (exact) mass is 373 g/mol. The number of imide groups is 2. The van der Waals surface area contributed by atoms with Gasteiger partial charge >= 0.3 is 12.1 Å². The normalized spacial score (nSPS) is 18.9. The van der Waals surface area contributed by atoms with Gasteiger partial charge in [0.2, 0.25) is 11.8 Å². The molecule has 2 aliphatic rings. The van der Waals surface area contributed by atoms with Gasteiger partial charge in [-0.3, -0.25) is 39.5 Å². The van der Waals surface area contributed by atoms with E-state index in [1.54, 1.807) is 0 Å². The summed E-state index contributed by atoms with van der Waals surface area (Å²) in [5.41, 5.74) is -0.119. The van der Waals surface area contributed by atoms with Gasteiger partial charge in [-0.1, -0.05) is 13.0 Å². The summed E-state index contributed by atoms with van der Waals surface area (Å²) in [7, 11) is 0. The molecule has 27 heavy (non-hydrogen) atoms. The van der Waals surface area contributed by atoms with Gasteiger partial charge in [0.15, 0.2) is 0 Å². The molecule has 0 aromatic heterocycles. The van der Waals surface area contributed by atoms with Gasteiger partial charge in [-0.05, 0) is 18.6 Å². The average molecular weight is 373 g/mol. The van der Waals surface area contributed by atoms with Crippen molar-refractivity contribution in [1.82, 2.24) is 10.2 Å². The average Bonchev–Trinajstić information content (AvgIpc) is 2.87. The van der Waals surface area contributed by atoms with E-state index >= 15 is 0 Å². The summed E-state index contributed by atoms with van der Waals surface area (Å²) in [6, 6.07) is 3.08. The van der Waals surface area contributed by atoms with Gasteiger partial charge in [0, 0.05) is 12.8 Å². The molecular weight excluding hydrogens is 358 g/mol. The van der Waals surface area contributed by atoms with Crippen LogP contribution in [0.1, 0.15) is 46.9 Å². The molecule has 1 aromatic carbocycles. The van der Waals surface area contributed by atoms with Gasteiger partial charge in [0.1, 0.15) is 6.04 Å². The molecule has 2 aliphatic heterocycles. The lowest BCUT2D eigenvalue weighted by Crippen LogP contribution is -2.54. The van der Waals surface area contributed by atoms with Crippen molar-refractivity contribution in [1.29, 1.82) is 0 Å². The third-order valence-corrected chi connectivity index (χ3v) is 4.20. The molecule has 0 saturated carbocycles. The van der Waals surface area contributed by atoms with E-state index in [1.807, 2.05) is 0 Å². The minimum atomic E-state index is -1.11. The minimum absolute atomic E-state index is 0.000371. The van der Waals surface area contributed by atoms with E-state index in [1.165, 1.54) is 25.1 Å². The number of hydrogen-bond donors (Lipinski definition) is 2. The van der Waals surface area contributed by atoms with E-state index in [-0.39, 0.29) is 36.1 Å². The van der Waals surface area contributed by atoms with Crippen molar-refractivity contribution in [2.75, 3.05) is 5.32 Å². The molecule has 1 unspecified atom stereocenters. The highest BCUT2D eigenvalue weighted by atomic mass is 16.6. The van der Waals surface area contributed by atoms with Crippen LogP contribution in [-0.4, -0.2) is 46.6 Å². The molecule has 1 atom stereocenters. The molecule has 10 heteroatoms. The molecule has 5 amide bonds. The van der Waals surface area contributed by atoms with E-state index in [0.717, 1.165) is 4.90 Å². The minimum Gasteiger partial charge on any atom is -0.376 e. The van der Waals surface area contributed by atoms with Crippen LogP contribution >= 0.6 is 0 Å². The number of nitrogens with one attached hydrogen (secondary N) is 2. The Morgan fingerprint density at radius 3 is 2.63 bits per heavy atom. The Hall–Kier alpha value is -3.56. The number of hydrogen-bond acceptors (Lipinski definition) is 7. The number of rotatable bonds is 3. The maximum atomic E-state index is 12.8. The summed E-state index contributed by atoms with van der Waals surface area (Å²) in [6.45, 7) is 1.51. The largest absolute Gasteiger partial charge is 0.419 e. The van der Waals surface area contributed by atoms with Crippen molar-refractivity contribution >= 4 is 41.4 Å². The van der Waals surface area contributed by atoms with Gasteiger partial charge in [-0.15, -0.1) is 0 Å². The van der Waals surface area contributed by atoms with Crippen LogP contribution in [0.2, 0.25) is 0 Å². The molecule has 1 aromatic rings. The highest BCUT2D eigenvalue weighted by Gasteiger charge is 2.45. The van der Waals surface area contributed by atoms with Crippen LogP contribution in [0.25, 0.3) is 0 Å². The number of amides is 5. The second-order valence-electron chi connectivity index (χ2n) is 5.92. The lowest BCUT2D eigenvalue weighted by molar-refractivity contribution is -0.137. The Bertz CT molecular complexity index is 893. The number of fused-ring (bicyclic) bond motifs is 1. The fraction of sp³-hybridized carbons (Fsp3) is 0.294. The van der Waals surface area contributed by atoms with E-state index in [2.05, 4.69) is 15.4 Å². The molecule has 3 rings (SSSR count). The summed E-state index contributed by atoms with van der Waals surface area (Å²) in [6.07, 6.45) is -1.08.